The van der Waals surface area contributed by atoms with Gasteiger partial charge in [-0.15, -0.1) is 0 Å². The number of aromatic nitrogens is 1. The molecule has 0 atom stereocenters. The third-order valence-corrected chi connectivity index (χ3v) is 6.39. The summed E-state index contributed by atoms with van der Waals surface area (Å²) in [6.07, 6.45) is 1.41. The quantitative estimate of drug-likeness (QED) is 0.431. The van der Waals surface area contributed by atoms with Crippen molar-refractivity contribution in [1.82, 2.24) is 14.8 Å². The number of pyridine rings is 1. The molecule has 2 saturated heterocycles. The molecule has 5 rings (SSSR count). The van der Waals surface area contributed by atoms with Crippen LogP contribution in [0.3, 0.4) is 0 Å². The van der Waals surface area contributed by atoms with Crippen LogP contribution in [-0.2, 0) is 4.74 Å². The SMILES string of the molecule is Cc1ccc(C(=O)N2CC3(CN(C(=O)OC(C)(C)C)C3)C2)cc1F.Clc1ccnc2ccccc12. The fourth-order valence-electron chi connectivity index (χ4n) is 4.30. The van der Waals surface area contributed by atoms with Gasteiger partial charge in [-0.25, -0.2) is 9.18 Å². The second-order valence-electron chi connectivity index (χ2n) is 10.3. The number of halogens is 2. The molecular weight excluding hydrogens is 469 g/mol. The molecule has 8 heteroatoms. The average Bonchev–Trinajstić information content (AvgIpc) is 2.73. The summed E-state index contributed by atoms with van der Waals surface area (Å²) in [5, 5.41) is 1.77. The van der Waals surface area contributed by atoms with E-state index in [-0.39, 0.29) is 23.2 Å². The Balaban J connectivity index is 0.000000218. The molecule has 3 heterocycles. The van der Waals surface area contributed by atoms with Crippen LogP contribution in [0.15, 0.2) is 54.7 Å². The van der Waals surface area contributed by atoms with Gasteiger partial charge in [0.05, 0.1) is 10.5 Å². The minimum atomic E-state index is -0.503. The van der Waals surface area contributed by atoms with E-state index in [1.807, 2.05) is 45.0 Å². The summed E-state index contributed by atoms with van der Waals surface area (Å²) in [7, 11) is 0. The van der Waals surface area contributed by atoms with Crippen LogP contribution in [0, 0.1) is 18.2 Å². The zero-order valence-electron chi connectivity index (χ0n) is 20.3. The summed E-state index contributed by atoms with van der Waals surface area (Å²) in [6.45, 7) is 9.59. The predicted octanol–water partition coefficient (Wildman–Crippen LogP) is 5.72. The monoisotopic (exact) mass is 497 g/mol. The summed E-state index contributed by atoms with van der Waals surface area (Å²) < 4.78 is 18.9. The Morgan fingerprint density at radius 3 is 2.31 bits per heavy atom. The van der Waals surface area contributed by atoms with E-state index in [2.05, 4.69) is 4.98 Å². The van der Waals surface area contributed by atoms with Gasteiger partial charge in [0.25, 0.3) is 5.91 Å². The Kier molecular flexibility index (Phi) is 6.73. The molecule has 1 spiro atoms. The van der Waals surface area contributed by atoms with Gasteiger partial charge in [-0.2, -0.15) is 0 Å². The Morgan fingerprint density at radius 1 is 1.03 bits per heavy atom. The molecule has 2 amide bonds. The van der Waals surface area contributed by atoms with E-state index in [1.165, 1.54) is 6.07 Å². The number of carbonyl (C=O) groups is 2. The number of amides is 2. The van der Waals surface area contributed by atoms with Crippen molar-refractivity contribution in [3.05, 3.63) is 76.7 Å². The number of hydrogen-bond donors (Lipinski definition) is 0. The molecule has 2 aliphatic heterocycles. The molecule has 0 bridgehead atoms. The van der Waals surface area contributed by atoms with Crippen LogP contribution in [-0.4, -0.2) is 58.6 Å². The lowest BCUT2D eigenvalue weighted by Gasteiger charge is -2.59. The van der Waals surface area contributed by atoms with Gasteiger partial charge in [0, 0.05) is 48.7 Å². The average molecular weight is 498 g/mol. The lowest BCUT2D eigenvalue weighted by Crippen LogP contribution is -2.73. The molecule has 0 radical (unpaired) electrons. The molecule has 2 fully saturated rings. The lowest BCUT2D eigenvalue weighted by atomic mass is 9.73. The highest BCUT2D eigenvalue weighted by atomic mass is 35.5. The Bertz CT molecular complexity index is 1250. The highest BCUT2D eigenvalue weighted by molar-refractivity contribution is 6.35. The van der Waals surface area contributed by atoms with Gasteiger partial charge in [-0.1, -0.05) is 35.9 Å². The van der Waals surface area contributed by atoms with Crippen molar-refractivity contribution in [3.63, 3.8) is 0 Å². The number of para-hydroxylation sites is 1. The zero-order chi connectivity index (χ0) is 25.4. The third-order valence-electron chi connectivity index (χ3n) is 6.06. The largest absolute Gasteiger partial charge is 0.444 e. The molecule has 0 unspecified atom stereocenters. The van der Waals surface area contributed by atoms with Gasteiger partial charge in [0.1, 0.15) is 11.4 Å². The fraction of sp³-hybridized carbons (Fsp3) is 0.370. The molecule has 1 aromatic heterocycles. The van der Waals surface area contributed by atoms with Crippen molar-refractivity contribution in [2.75, 3.05) is 26.2 Å². The molecule has 0 aliphatic carbocycles. The first-order valence-electron chi connectivity index (χ1n) is 11.5. The zero-order valence-corrected chi connectivity index (χ0v) is 21.1. The van der Waals surface area contributed by atoms with Crippen LogP contribution >= 0.6 is 11.6 Å². The predicted molar refractivity (Wildman–Crippen MR) is 134 cm³/mol. The van der Waals surface area contributed by atoms with Crippen LogP contribution in [0.1, 0.15) is 36.7 Å². The first kappa shape index (κ1) is 24.9. The first-order valence-corrected chi connectivity index (χ1v) is 11.9. The maximum atomic E-state index is 13.6. The van der Waals surface area contributed by atoms with E-state index >= 15 is 0 Å². The molecule has 2 aliphatic rings. The summed E-state index contributed by atoms with van der Waals surface area (Å²) in [6, 6.07) is 14.2. The number of nitrogens with zero attached hydrogens (tertiary/aromatic N) is 3. The maximum Gasteiger partial charge on any atom is 0.410 e. The van der Waals surface area contributed by atoms with Crippen molar-refractivity contribution >= 4 is 34.5 Å². The fourth-order valence-corrected chi connectivity index (χ4v) is 4.51. The van der Waals surface area contributed by atoms with Gasteiger partial charge in [0.15, 0.2) is 0 Å². The van der Waals surface area contributed by atoms with E-state index < -0.39 is 5.60 Å². The first-order chi connectivity index (χ1) is 16.5. The Hall–Kier alpha value is -3.19. The summed E-state index contributed by atoms with van der Waals surface area (Å²) in [4.78, 5) is 31.9. The van der Waals surface area contributed by atoms with Crippen LogP contribution in [0.5, 0.6) is 0 Å². The van der Waals surface area contributed by atoms with Gasteiger partial charge in [0.2, 0.25) is 0 Å². The van der Waals surface area contributed by atoms with Crippen LogP contribution in [0.2, 0.25) is 5.02 Å². The molecule has 184 valence electrons. The van der Waals surface area contributed by atoms with Crippen LogP contribution in [0.4, 0.5) is 9.18 Å². The Labute approximate surface area is 209 Å². The van der Waals surface area contributed by atoms with Crippen molar-refractivity contribution in [3.8, 4) is 0 Å². The molecule has 0 N–H and O–H groups in total. The second-order valence-corrected chi connectivity index (χ2v) is 10.7. The highest BCUT2D eigenvalue weighted by Crippen LogP contribution is 2.40. The van der Waals surface area contributed by atoms with Crippen molar-refractivity contribution in [2.45, 2.75) is 33.3 Å². The van der Waals surface area contributed by atoms with Gasteiger partial charge >= 0.3 is 6.09 Å². The maximum absolute atomic E-state index is 13.6. The summed E-state index contributed by atoms with van der Waals surface area (Å²) in [5.74, 6) is -0.522. The number of likely N-dealkylation sites (tertiary alicyclic amines) is 2. The molecule has 0 saturated carbocycles. The normalized spacial score (nSPS) is 16.2. The van der Waals surface area contributed by atoms with Crippen LogP contribution in [0.25, 0.3) is 10.9 Å². The lowest BCUT2D eigenvalue weighted by molar-refractivity contribution is -0.0980. The van der Waals surface area contributed by atoms with Gasteiger partial charge in [-0.05, 0) is 57.5 Å². The van der Waals surface area contributed by atoms with E-state index in [4.69, 9.17) is 16.3 Å². The smallest absolute Gasteiger partial charge is 0.410 e. The number of carbonyl (C=O) groups excluding carboxylic acids is 2. The van der Waals surface area contributed by atoms with E-state index in [0.29, 0.717) is 37.3 Å². The molecule has 35 heavy (non-hydrogen) atoms. The highest BCUT2D eigenvalue weighted by Gasteiger charge is 2.55. The van der Waals surface area contributed by atoms with Gasteiger partial charge < -0.3 is 14.5 Å². The number of ether oxygens (including phenoxy) is 1. The van der Waals surface area contributed by atoms with Crippen LogP contribution < -0.4 is 0 Å². The minimum Gasteiger partial charge on any atom is -0.444 e. The molecule has 3 aromatic rings. The van der Waals surface area contributed by atoms with Crippen molar-refractivity contribution < 1.29 is 18.7 Å². The third kappa shape index (κ3) is 5.56. The summed E-state index contributed by atoms with van der Waals surface area (Å²) >= 11 is 5.92. The Morgan fingerprint density at radius 2 is 1.69 bits per heavy atom. The topological polar surface area (TPSA) is 62.7 Å². The van der Waals surface area contributed by atoms with E-state index in [1.54, 1.807) is 41.1 Å². The minimum absolute atomic E-state index is 0.0180. The van der Waals surface area contributed by atoms with Crippen molar-refractivity contribution in [1.29, 1.82) is 0 Å². The molecule has 2 aromatic carbocycles. The van der Waals surface area contributed by atoms with E-state index in [9.17, 15) is 14.0 Å². The standard InChI is InChI=1S/C18H23FN2O3.C9H6ClN/c1-12-5-6-13(7-14(12)19)15(22)20-8-18(9-20)10-21(11-18)16(23)24-17(2,3)4;10-8-5-6-11-9-4-2-1-3-7(8)9/h5-7H,8-11H2,1-4H3;1-6H. The number of aryl methyl sites for hydroxylation is 1. The number of hydrogen-bond acceptors (Lipinski definition) is 4. The number of benzene rings is 2. The van der Waals surface area contributed by atoms with E-state index in [0.717, 1.165) is 15.9 Å². The number of fused-ring (bicyclic) bond motifs is 1. The number of rotatable bonds is 1. The molecular formula is C27H29ClFN3O3. The summed E-state index contributed by atoms with van der Waals surface area (Å²) in [5.41, 5.74) is 1.32. The second kappa shape index (κ2) is 9.46. The van der Waals surface area contributed by atoms with Crippen molar-refractivity contribution in [2.24, 2.45) is 5.41 Å². The van der Waals surface area contributed by atoms with Gasteiger partial charge in [-0.3, -0.25) is 9.78 Å². The molecule has 6 nitrogen and oxygen atoms in total.